The van der Waals surface area contributed by atoms with Crippen molar-refractivity contribution in [3.8, 4) is 17.2 Å². The third kappa shape index (κ3) is 1.85. The van der Waals surface area contributed by atoms with Gasteiger partial charge in [0.25, 0.3) is 0 Å². The molecule has 0 amide bonds. The van der Waals surface area contributed by atoms with Crippen LogP contribution in [0.25, 0.3) is 0 Å². The lowest BCUT2D eigenvalue weighted by atomic mass is 9.88. The number of rotatable bonds is 1. The maximum atomic E-state index is 9.70. The normalized spacial score (nSPS) is 17.9. The largest absolute Gasteiger partial charge is 0.508 e. The summed E-state index contributed by atoms with van der Waals surface area (Å²) in [5.74, 6) is -0.154. The van der Waals surface area contributed by atoms with Crippen LogP contribution in [-0.2, 0) is 0 Å². The Morgan fingerprint density at radius 2 is 1.60 bits per heavy atom. The van der Waals surface area contributed by atoms with Crippen molar-refractivity contribution in [2.24, 2.45) is 0 Å². The minimum absolute atomic E-state index is 0.0669. The fourth-order valence-corrected chi connectivity index (χ4v) is 2.10. The highest BCUT2D eigenvalue weighted by Crippen LogP contribution is 2.42. The summed E-state index contributed by atoms with van der Waals surface area (Å²) in [5.41, 5.74) is 0.483. The van der Waals surface area contributed by atoms with Crippen molar-refractivity contribution < 1.29 is 15.3 Å². The molecule has 1 aliphatic heterocycles. The minimum atomic E-state index is -0.179. The third-order valence-corrected chi connectivity index (χ3v) is 2.92. The lowest BCUT2D eigenvalue weighted by molar-refractivity contribution is 0.369. The fraction of sp³-hybridized carbons (Fsp3) is 0.455. The van der Waals surface area contributed by atoms with E-state index in [1.807, 2.05) is 0 Å². The van der Waals surface area contributed by atoms with E-state index in [0.29, 0.717) is 5.56 Å². The highest BCUT2D eigenvalue weighted by Gasteiger charge is 2.23. The maximum Gasteiger partial charge on any atom is 0.164 e. The molecule has 4 N–H and O–H groups in total. The molecule has 2 rings (SSSR count). The second-order valence-electron chi connectivity index (χ2n) is 3.89. The van der Waals surface area contributed by atoms with Gasteiger partial charge in [0, 0.05) is 5.56 Å². The molecule has 1 fully saturated rings. The topological polar surface area (TPSA) is 72.7 Å². The first-order chi connectivity index (χ1) is 7.20. The van der Waals surface area contributed by atoms with Gasteiger partial charge in [0.2, 0.25) is 0 Å². The van der Waals surface area contributed by atoms with E-state index in [1.165, 1.54) is 12.1 Å². The Hall–Kier alpha value is -1.42. The van der Waals surface area contributed by atoms with Gasteiger partial charge in [0.15, 0.2) is 11.5 Å². The Bertz CT molecular complexity index is 359. The Morgan fingerprint density at radius 1 is 1.00 bits per heavy atom. The zero-order chi connectivity index (χ0) is 10.8. The van der Waals surface area contributed by atoms with Gasteiger partial charge in [-0.15, -0.1) is 0 Å². The first-order valence-corrected chi connectivity index (χ1v) is 5.14. The summed E-state index contributed by atoms with van der Waals surface area (Å²) >= 11 is 0. The molecule has 4 heteroatoms. The van der Waals surface area contributed by atoms with Crippen LogP contribution >= 0.6 is 0 Å². The standard InChI is InChI=1S/C11H15NO3/c13-8-1-2-9(14)11(15)10(8)7-3-5-12-6-4-7/h1-2,7,12-15H,3-6H2. The molecular formula is C11H15NO3. The van der Waals surface area contributed by atoms with Gasteiger partial charge >= 0.3 is 0 Å². The molecule has 4 nitrogen and oxygen atoms in total. The van der Waals surface area contributed by atoms with Crippen molar-refractivity contribution in [3.63, 3.8) is 0 Å². The average molecular weight is 209 g/mol. The fourth-order valence-electron chi connectivity index (χ4n) is 2.10. The number of phenols is 3. The van der Waals surface area contributed by atoms with Crippen molar-refractivity contribution in [1.29, 1.82) is 0 Å². The molecule has 0 saturated carbocycles. The van der Waals surface area contributed by atoms with E-state index in [-0.39, 0.29) is 23.2 Å². The summed E-state index contributed by atoms with van der Waals surface area (Å²) in [6, 6.07) is 2.72. The van der Waals surface area contributed by atoms with Crippen LogP contribution in [-0.4, -0.2) is 28.4 Å². The molecule has 82 valence electrons. The number of aromatic hydroxyl groups is 3. The predicted molar refractivity (Wildman–Crippen MR) is 56.3 cm³/mol. The molecule has 0 aliphatic carbocycles. The molecule has 15 heavy (non-hydrogen) atoms. The Labute approximate surface area is 88.2 Å². The highest BCUT2D eigenvalue weighted by molar-refractivity contribution is 5.53. The van der Waals surface area contributed by atoms with E-state index in [9.17, 15) is 15.3 Å². The van der Waals surface area contributed by atoms with E-state index in [0.717, 1.165) is 25.9 Å². The van der Waals surface area contributed by atoms with Crippen LogP contribution in [0.5, 0.6) is 17.2 Å². The maximum absolute atomic E-state index is 9.70. The van der Waals surface area contributed by atoms with Crippen LogP contribution in [0.3, 0.4) is 0 Å². The quantitative estimate of drug-likeness (QED) is 0.415. The van der Waals surface area contributed by atoms with Crippen molar-refractivity contribution in [2.45, 2.75) is 18.8 Å². The Morgan fingerprint density at radius 3 is 2.27 bits per heavy atom. The molecule has 0 atom stereocenters. The second-order valence-corrected chi connectivity index (χ2v) is 3.89. The molecule has 1 heterocycles. The monoisotopic (exact) mass is 209 g/mol. The van der Waals surface area contributed by atoms with E-state index >= 15 is 0 Å². The number of benzene rings is 1. The average Bonchev–Trinajstić information content (AvgIpc) is 2.26. The van der Waals surface area contributed by atoms with Gasteiger partial charge in [-0.1, -0.05) is 0 Å². The van der Waals surface area contributed by atoms with E-state index in [1.54, 1.807) is 0 Å². The van der Waals surface area contributed by atoms with Crippen LogP contribution in [0.1, 0.15) is 24.3 Å². The van der Waals surface area contributed by atoms with Gasteiger partial charge in [0.05, 0.1) is 0 Å². The zero-order valence-electron chi connectivity index (χ0n) is 8.40. The number of hydrogen-bond acceptors (Lipinski definition) is 4. The number of phenolic OH excluding ortho intramolecular Hbond substituents is 3. The second kappa shape index (κ2) is 3.98. The van der Waals surface area contributed by atoms with Gasteiger partial charge in [-0.05, 0) is 44.0 Å². The highest BCUT2D eigenvalue weighted by atomic mass is 16.3. The van der Waals surface area contributed by atoms with Crippen LogP contribution in [0.15, 0.2) is 12.1 Å². The lowest BCUT2D eigenvalue weighted by Crippen LogP contribution is -2.26. The van der Waals surface area contributed by atoms with Crippen LogP contribution in [0, 0.1) is 0 Å². The van der Waals surface area contributed by atoms with Crippen molar-refractivity contribution in [1.82, 2.24) is 5.32 Å². The van der Waals surface area contributed by atoms with Crippen molar-refractivity contribution in [2.75, 3.05) is 13.1 Å². The number of hydrogen-bond donors (Lipinski definition) is 4. The summed E-state index contributed by atoms with van der Waals surface area (Å²) in [7, 11) is 0. The van der Waals surface area contributed by atoms with Crippen LogP contribution in [0.2, 0.25) is 0 Å². The summed E-state index contributed by atoms with van der Waals surface area (Å²) in [6.07, 6.45) is 1.73. The van der Waals surface area contributed by atoms with E-state index in [4.69, 9.17) is 0 Å². The molecule has 0 bridgehead atoms. The Balaban J connectivity index is 2.36. The molecule has 0 aromatic heterocycles. The molecule has 1 aromatic carbocycles. The lowest BCUT2D eigenvalue weighted by Gasteiger charge is -2.24. The van der Waals surface area contributed by atoms with Crippen molar-refractivity contribution >= 4 is 0 Å². The summed E-state index contributed by atoms with van der Waals surface area (Å²) in [4.78, 5) is 0. The van der Waals surface area contributed by atoms with Gasteiger partial charge in [-0.3, -0.25) is 0 Å². The SMILES string of the molecule is Oc1ccc(O)c(C2CCNCC2)c1O. The van der Waals surface area contributed by atoms with E-state index < -0.39 is 0 Å². The van der Waals surface area contributed by atoms with Gasteiger partial charge < -0.3 is 20.6 Å². The molecule has 1 saturated heterocycles. The first-order valence-electron chi connectivity index (χ1n) is 5.14. The Kier molecular flexibility index (Phi) is 2.68. The molecule has 0 radical (unpaired) electrons. The van der Waals surface area contributed by atoms with Crippen LogP contribution in [0.4, 0.5) is 0 Å². The smallest absolute Gasteiger partial charge is 0.164 e. The number of nitrogens with one attached hydrogen (secondary N) is 1. The number of piperidine rings is 1. The molecule has 0 unspecified atom stereocenters. The molecule has 0 spiro atoms. The zero-order valence-corrected chi connectivity index (χ0v) is 8.40. The summed E-state index contributed by atoms with van der Waals surface area (Å²) in [5, 5.41) is 32.0. The molecule has 1 aromatic rings. The molecule has 1 aliphatic rings. The van der Waals surface area contributed by atoms with Crippen molar-refractivity contribution in [3.05, 3.63) is 17.7 Å². The molecular weight excluding hydrogens is 194 g/mol. The minimum Gasteiger partial charge on any atom is -0.508 e. The third-order valence-electron chi connectivity index (χ3n) is 2.92. The van der Waals surface area contributed by atoms with Gasteiger partial charge in [-0.2, -0.15) is 0 Å². The summed E-state index contributed by atoms with van der Waals surface area (Å²) < 4.78 is 0. The predicted octanol–water partition coefficient (Wildman–Crippen LogP) is 1.27. The van der Waals surface area contributed by atoms with E-state index in [2.05, 4.69) is 5.32 Å². The van der Waals surface area contributed by atoms with Gasteiger partial charge in [0.1, 0.15) is 5.75 Å². The van der Waals surface area contributed by atoms with Gasteiger partial charge in [-0.25, -0.2) is 0 Å². The summed E-state index contributed by atoms with van der Waals surface area (Å²) in [6.45, 7) is 1.75. The van der Waals surface area contributed by atoms with Crippen LogP contribution < -0.4 is 5.32 Å². The first kappa shape index (κ1) is 10.1.